The molecule has 0 saturated carbocycles. The highest BCUT2D eigenvalue weighted by Crippen LogP contribution is 2.29. The van der Waals surface area contributed by atoms with Crippen molar-refractivity contribution in [1.29, 1.82) is 0 Å². The average molecular weight is 328 g/mol. The molecule has 1 saturated heterocycles. The van der Waals surface area contributed by atoms with Gasteiger partial charge in [-0.1, -0.05) is 6.92 Å². The Kier molecular flexibility index (Phi) is 4.99. The van der Waals surface area contributed by atoms with Gasteiger partial charge in [0.1, 0.15) is 22.4 Å². The highest BCUT2D eigenvalue weighted by molar-refractivity contribution is 9.10. The summed E-state index contributed by atoms with van der Waals surface area (Å²) in [6.45, 7) is 7.44. The predicted octanol–water partition coefficient (Wildman–Crippen LogP) is 2.42. The molecule has 1 aliphatic heterocycles. The molecule has 106 valence electrons. The lowest BCUT2D eigenvalue weighted by atomic mass is 9.94. The summed E-state index contributed by atoms with van der Waals surface area (Å²) in [4.78, 5) is 11.0. The molecule has 0 amide bonds. The number of halogens is 1. The minimum absolute atomic E-state index is 0.469. The lowest BCUT2D eigenvalue weighted by Gasteiger charge is -2.35. The molecule has 2 rings (SSSR count). The first-order valence-electron chi connectivity index (χ1n) is 6.81. The van der Waals surface area contributed by atoms with Gasteiger partial charge in [0, 0.05) is 19.1 Å². The van der Waals surface area contributed by atoms with Crippen molar-refractivity contribution in [3.05, 3.63) is 10.8 Å². The SMILES string of the molecule is CCNc1ncnc(NC2CCN(C)CC2C)c1Br. The third-order valence-electron chi connectivity index (χ3n) is 3.56. The Bertz CT molecular complexity index is 425. The molecule has 0 spiro atoms. The first-order valence-corrected chi connectivity index (χ1v) is 7.60. The normalized spacial score (nSPS) is 24.2. The zero-order chi connectivity index (χ0) is 13.8. The van der Waals surface area contributed by atoms with Crippen LogP contribution in [0.15, 0.2) is 10.8 Å². The summed E-state index contributed by atoms with van der Waals surface area (Å²) >= 11 is 3.58. The molecule has 2 unspecified atom stereocenters. The summed E-state index contributed by atoms with van der Waals surface area (Å²) in [5, 5.41) is 6.78. The van der Waals surface area contributed by atoms with Crippen molar-refractivity contribution in [2.45, 2.75) is 26.3 Å². The molecule has 0 aromatic carbocycles. The fraction of sp³-hybridized carbons (Fsp3) is 0.692. The molecule has 6 heteroatoms. The maximum Gasteiger partial charge on any atom is 0.146 e. The minimum Gasteiger partial charge on any atom is -0.369 e. The van der Waals surface area contributed by atoms with E-state index in [-0.39, 0.29) is 0 Å². The standard InChI is InChI=1S/C13H22BrN5/c1-4-15-12-11(14)13(17-8-16-12)18-10-5-6-19(3)7-9(10)2/h8-10H,4-7H2,1-3H3,(H2,15,16,17,18). The molecule has 0 aliphatic carbocycles. The quantitative estimate of drug-likeness (QED) is 0.889. The number of piperidine rings is 1. The number of nitrogens with zero attached hydrogens (tertiary/aromatic N) is 3. The summed E-state index contributed by atoms with van der Waals surface area (Å²) < 4.78 is 0.919. The Morgan fingerprint density at radius 2 is 2.16 bits per heavy atom. The van der Waals surface area contributed by atoms with Gasteiger partial charge in [0.25, 0.3) is 0 Å². The Labute approximate surface area is 123 Å². The second-order valence-electron chi connectivity index (χ2n) is 5.19. The van der Waals surface area contributed by atoms with Crippen LogP contribution in [0.4, 0.5) is 11.6 Å². The van der Waals surface area contributed by atoms with Crippen LogP contribution in [0.1, 0.15) is 20.3 Å². The molecule has 0 radical (unpaired) electrons. The van der Waals surface area contributed by atoms with Gasteiger partial charge in [-0.2, -0.15) is 0 Å². The number of hydrogen-bond donors (Lipinski definition) is 2. The van der Waals surface area contributed by atoms with Gasteiger partial charge < -0.3 is 15.5 Å². The molecule has 2 heterocycles. The number of hydrogen-bond acceptors (Lipinski definition) is 5. The highest BCUT2D eigenvalue weighted by atomic mass is 79.9. The zero-order valence-corrected chi connectivity index (χ0v) is 13.4. The zero-order valence-electron chi connectivity index (χ0n) is 11.8. The van der Waals surface area contributed by atoms with Crippen molar-refractivity contribution in [3.8, 4) is 0 Å². The molecule has 1 aliphatic rings. The van der Waals surface area contributed by atoms with E-state index in [1.165, 1.54) is 0 Å². The monoisotopic (exact) mass is 327 g/mol. The Hall–Kier alpha value is -0.880. The van der Waals surface area contributed by atoms with E-state index in [9.17, 15) is 0 Å². The van der Waals surface area contributed by atoms with Gasteiger partial charge in [0.15, 0.2) is 0 Å². The molecule has 2 N–H and O–H groups in total. The third-order valence-corrected chi connectivity index (χ3v) is 4.32. The number of aromatic nitrogens is 2. The van der Waals surface area contributed by atoms with Crippen molar-refractivity contribution < 1.29 is 0 Å². The van der Waals surface area contributed by atoms with Crippen LogP contribution in [0.25, 0.3) is 0 Å². The van der Waals surface area contributed by atoms with E-state index in [1.807, 2.05) is 0 Å². The largest absolute Gasteiger partial charge is 0.369 e. The van der Waals surface area contributed by atoms with Crippen LogP contribution in [0.2, 0.25) is 0 Å². The van der Waals surface area contributed by atoms with E-state index < -0.39 is 0 Å². The molecule has 2 atom stereocenters. The summed E-state index contributed by atoms with van der Waals surface area (Å²) in [5.41, 5.74) is 0. The Balaban J connectivity index is 2.08. The smallest absolute Gasteiger partial charge is 0.146 e. The Morgan fingerprint density at radius 3 is 2.84 bits per heavy atom. The molecule has 5 nitrogen and oxygen atoms in total. The fourth-order valence-electron chi connectivity index (χ4n) is 2.51. The lowest BCUT2D eigenvalue weighted by Crippen LogP contribution is -2.43. The maximum absolute atomic E-state index is 4.35. The predicted molar refractivity (Wildman–Crippen MR) is 82.6 cm³/mol. The van der Waals surface area contributed by atoms with Gasteiger partial charge in [-0.15, -0.1) is 0 Å². The maximum atomic E-state index is 4.35. The molecule has 1 fully saturated rings. The van der Waals surface area contributed by atoms with E-state index in [0.29, 0.717) is 12.0 Å². The lowest BCUT2D eigenvalue weighted by molar-refractivity contribution is 0.206. The first-order chi connectivity index (χ1) is 9.11. The van der Waals surface area contributed by atoms with Crippen LogP contribution >= 0.6 is 15.9 Å². The molecular weight excluding hydrogens is 306 g/mol. The average Bonchev–Trinajstić information content (AvgIpc) is 2.37. The molecule has 1 aromatic rings. The van der Waals surface area contributed by atoms with Crippen LogP contribution in [-0.2, 0) is 0 Å². The van der Waals surface area contributed by atoms with Crippen molar-refractivity contribution in [3.63, 3.8) is 0 Å². The van der Waals surface area contributed by atoms with Crippen LogP contribution in [0, 0.1) is 5.92 Å². The summed E-state index contributed by atoms with van der Waals surface area (Å²) in [5.74, 6) is 2.34. The van der Waals surface area contributed by atoms with E-state index in [1.54, 1.807) is 6.33 Å². The van der Waals surface area contributed by atoms with Gasteiger partial charge in [-0.25, -0.2) is 9.97 Å². The minimum atomic E-state index is 0.469. The second-order valence-corrected chi connectivity index (χ2v) is 5.99. The van der Waals surface area contributed by atoms with Crippen molar-refractivity contribution in [1.82, 2.24) is 14.9 Å². The van der Waals surface area contributed by atoms with E-state index in [2.05, 4.69) is 62.3 Å². The van der Waals surface area contributed by atoms with Crippen LogP contribution in [0.3, 0.4) is 0 Å². The molecule has 0 bridgehead atoms. The summed E-state index contributed by atoms with van der Waals surface area (Å²) in [6.07, 6.45) is 2.75. The van der Waals surface area contributed by atoms with E-state index >= 15 is 0 Å². The van der Waals surface area contributed by atoms with Crippen LogP contribution in [0.5, 0.6) is 0 Å². The molecule has 19 heavy (non-hydrogen) atoms. The van der Waals surface area contributed by atoms with Crippen LogP contribution in [-0.4, -0.2) is 47.6 Å². The van der Waals surface area contributed by atoms with E-state index in [4.69, 9.17) is 0 Å². The molecule has 1 aromatic heterocycles. The third kappa shape index (κ3) is 3.57. The Morgan fingerprint density at radius 1 is 1.42 bits per heavy atom. The van der Waals surface area contributed by atoms with Crippen molar-refractivity contribution in [2.24, 2.45) is 5.92 Å². The highest BCUT2D eigenvalue weighted by Gasteiger charge is 2.25. The van der Waals surface area contributed by atoms with Gasteiger partial charge in [-0.05, 0) is 48.8 Å². The van der Waals surface area contributed by atoms with Crippen LogP contribution < -0.4 is 10.6 Å². The van der Waals surface area contributed by atoms with Gasteiger partial charge in [0.05, 0.1) is 0 Å². The van der Waals surface area contributed by atoms with Crippen molar-refractivity contribution in [2.75, 3.05) is 37.3 Å². The van der Waals surface area contributed by atoms with Crippen molar-refractivity contribution >= 4 is 27.6 Å². The van der Waals surface area contributed by atoms with Gasteiger partial charge in [-0.3, -0.25) is 0 Å². The molecular formula is C13H22BrN5. The summed E-state index contributed by atoms with van der Waals surface area (Å²) in [7, 11) is 2.18. The van der Waals surface area contributed by atoms with Gasteiger partial charge >= 0.3 is 0 Å². The number of likely N-dealkylation sites (tertiary alicyclic amines) is 1. The summed E-state index contributed by atoms with van der Waals surface area (Å²) in [6, 6.07) is 0.469. The number of anilines is 2. The second kappa shape index (κ2) is 6.52. The first kappa shape index (κ1) is 14.5. The van der Waals surface area contributed by atoms with E-state index in [0.717, 1.165) is 42.2 Å². The number of nitrogens with one attached hydrogen (secondary N) is 2. The van der Waals surface area contributed by atoms with Gasteiger partial charge in [0.2, 0.25) is 0 Å². The topological polar surface area (TPSA) is 53.1 Å². The number of rotatable bonds is 4. The fourth-order valence-corrected chi connectivity index (χ4v) is 2.96.